The van der Waals surface area contributed by atoms with E-state index < -0.39 is 5.60 Å². The molecule has 3 fully saturated rings. The molecule has 3 atom stereocenters. The van der Waals surface area contributed by atoms with Gasteiger partial charge in [-0.25, -0.2) is 4.79 Å². The maximum atomic E-state index is 12.1. The van der Waals surface area contributed by atoms with Crippen LogP contribution in [0.2, 0.25) is 0 Å². The van der Waals surface area contributed by atoms with Gasteiger partial charge >= 0.3 is 6.09 Å². The third kappa shape index (κ3) is 3.74. The number of nitrogens with one attached hydrogen (secondary N) is 1. The van der Waals surface area contributed by atoms with Gasteiger partial charge < -0.3 is 19.9 Å². The van der Waals surface area contributed by atoms with Gasteiger partial charge in [-0.1, -0.05) is 0 Å². The predicted octanol–water partition coefficient (Wildman–Crippen LogP) is 1.78. The Bertz CT molecular complexity index is 409. The molecule has 5 nitrogen and oxygen atoms in total. The summed E-state index contributed by atoms with van der Waals surface area (Å²) in [7, 11) is 2.22. The molecule has 0 bridgehead atoms. The molecule has 5 heteroatoms. The van der Waals surface area contributed by atoms with E-state index in [0.29, 0.717) is 17.9 Å². The number of carbonyl (C=O) groups is 1. The Morgan fingerprint density at radius 1 is 1.23 bits per heavy atom. The number of nitrogens with zero attached hydrogens (tertiary/aromatic N) is 2. The number of piperidine rings is 2. The van der Waals surface area contributed by atoms with E-state index in [1.165, 1.54) is 25.9 Å². The van der Waals surface area contributed by atoms with Crippen molar-refractivity contribution >= 4 is 6.09 Å². The first-order valence-electron chi connectivity index (χ1n) is 8.73. The van der Waals surface area contributed by atoms with Gasteiger partial charge in [0, 0.05) is 25.7 Å². The molecule has 0 aromatic heterocycles. The minimum Gasteiger partial charge on any atom is -0.444 e. The van der Waals surface area contributed by atoms with E-state index in [0.717, 1.165) is 25.6 Å². The van der Waals surface area contributed by atoms with Crippen LogP contribution in [0.25, 0.3) is 0 Å². The molecular formula is C17H31N3O2. The van der Waals surface area contributed by atoms with Gasteiger partial charge in [-0.15, -0.1) is 0 Å². The van der Waals surface area contributed by atoms with Crippen molar-refractivity contribution in [1.29, 1.82) is 0 Å². The Balaban J connectivity index is 1.37. The molecule has 1 amide bonds. The summed E-state index contributed by atoms with van der Waals surface area (Å²) in [6, 6.07) is 0.630. The molecule has 1 N–H and O–H groups in total. The Labute approximate surface area is 134 Å². The summed E-state index contributed by atoms with van der Waals surface area (Å²) >= 11 is 0. The minimum atomic E-state index is -0.394. The van der Waals surface area contributed by atoms with Crippen molar-refractivity contribution in [3.8, 4) is 0 Å². The van der Waals surface area contributed by atoms with Crippen molar-refractivity contribution in [3.05, 3.63) is 0 Å². The maximum absolute atomic E-state index is 12.1. The first kappa shape index (κ1) is 16.1. The molecule has 22 heavy (non-hydrogen) atoms. The van der Waals surface area contributed by atoms with Crippen molar-refractivity contribution in [3.63, 3.8) is 0 Å². The van der Waals surface area contributed by atoms with Crippen LogP contribution < -0.4 is 5.32 Å². The normalized spacial score (nSPS) is 35.4. The fourth-order valence-electron chi connectivity index (χ4n) is 4.05. The molecule has 2 aliphatic heterocycles. The van der Waals surface area contributed by atoms with E-state index in [4.69, 9.17) is 4.74 Å². The maximum Gasteiger partial charge on any atom is 0.410 e. The van der Waals surface area contributed by atoms with Gasteiger partial charge in [-0.2, -0.15) is 0 Å². The number of hydrogen-bond acceptors (Lipinski definition) is 4. The van der Waals surface area contributed by atoms with Crippen molar-refractivity contribution in [2.24, 2.45) is 17.8 Å². The van der Waals surface area contributed by atoms with Crippen LogP contribution in [0.5, 0.6) is 0 Å². The molecule has 3 unspecified atom stereocenters. The first-order valence-corrected chi connectivity index (χ1v) is 8.73. The van der Waals surface area contributed by atoms with E-state index in [9.17, 15) is 4.79 Å². The highest BCUT2D eigenvalue weighted by Crippen LogP contribution is 2.45. The van der Waals surface area contributed by atoms with E-state index in [1.54, 1.807) is 0 Å². The summed E-state index contributed by atoms with van der Waals surface area (Å²) in [6.45, 7) is 11.1. The molecule has 0 radical (unpaired) electrons. The van der Waals surface area contributed by atoms with Crippen molar-refractivity contribution < 1.29 is 9.53 Å². The highest BCUT2D eigenvalue weighted by molar-refractivity contribution is 5.69. The summed E-state index contributed by atoms with van der Waals surface area (Å²) in [4.78, 5) is 16.4. The van der Waals surface area contributed by atoms with Gasteiger partial charge in [0.15, 0.2) is 0 Å². The van der Waals surface area contributed by atoms with Crippen molar-refractivity contribution in [2.75, 3.05) is 39.8 Å². The SMILES string of the molecule is CN1CCCC(CNC2C3CN(C(=O)OC(C)(C)C)CC32)C1. The average Bonchev–Trinajstić information content (AvgIpc) is 2.86. The number of rotatable bonds is 3. The molecular weight excluding hydrogens is 278 g/mol. The van der Waals surface area contributed by atoms with Gasteiger partial charge in [-0.05, 0) is 71.5 Å². The second-order valence-corrected chi connectivity index (χ2v) is 8.42. The quantitative estimate of drug-likeness (QED) is 0.863. The lowest BCUT2D eigenvalue weighted by atomic mass is 9.98. The van der Waals surface area contributed by atoms with E-state index >= 15 is 0 Å². The Morgan fingerprint density at radius 2 is 1.91 bits per heavy atom. The van der Waals surface area contributed by atoms with Gasteiger partial charge in [0.1, 0.15) is 5.60 Å². The second kappa shape index (κ2) is 6.00. The predicted molar refractivity (Wildman–Crippen MR) is 86.8 cm³/mol. The van der Waals surface area contributed by atoms with Gasteiger partial charge in [0.05, 0.1) is 0 Å². The lowest BCUT2D eigenvalue weighted by Gasteiger charge is -2.30. The zero-order chi connectivity index (χ0) is 15.9. The molecule has 0 aromatic rings. The number of carbonyl (C=O) groups excluding carboxylic acids is 1. The molecule has 3 rings (SSSR count). The minimum absolute atomic E-state index is 0.146. The third-order valence-electron chi connectivity index (χ3n) is 5.21. The monoisotopic (exact) mass is 309 g/mol. The highest BCUT2D eigenvalue weighted by atomic mass is 16.6. The van der Waals surface area contributed by atoms with Crippen LogP contribution in [0.15, 0.2) is 0 Å². The Morgan fingerprint density at radius 3 is 2.50 bits per heavy atom. The van der Waals surface area contributed by atoms with Crippen LogP contribution in [0.4, 0.5) is 4.79 Å². The number of hydrogen-bond donors (Lipinski definition) is 1. The summed E-state index contributed by atoms with van der Waals surface area (Å²) in [5, 5.41) is 3.75. The third-order valence-corrected chi connectivity index (χ3v) is 5.21. The van der Waals surface area contributed by atoms with Crippen molar-refractivity contribution in [1.82, 2.24) is 15.1 Å². The average molecular weight is 309 g/mol. The fraction of sp³-hybridized carbons (Fsp3) is 0.941. The molecule has 0 aromatic carbocycles. The van der Waals surface area contributed by atoms with Crippen LogP contribution in [0.3, 0.4) is 0 Å². The summed E-state index contributed by atoms with van der Waals surface area (Å²) in [5.41, 5.74) is -0.394. The van der Waals surface area contributed by atoms with Crippen LogP contribution in [-0.2, 0) is 4.74 Å². The topological polar surface area (TPSA) is 44.8 Å². The van der Waals surface area contributed by atoms with Crippen LogP contribution in [0.1, 0.15) is 33.6 Å². The molecule has 0 spiro atoms. The Kier molecular flexibility index (Phi) is 4.38. The first-order chi connectivity index (χ1) is 10.3. The summed E-state index contributed by atoms with van der Waals surface area (Å²) in [5.74, 6) is 2.09. The van der Waals surface area contributed by atoms with Crippen molar-refractivity contribution in [2.45, 2.75) is 45.3 Å². The number of ether oxygens (including phenoxy) is 1. The molecule has 3 aliphatic rings. The second-order valence-electron chi connectivity index (χ2n) is 8.42. The largest absolute Gasteiger partial charge is 0.444 e. The van der Waals surface area contributed by atoms with Gasteiger partial charge in [-0.3, -0.25) is 0 Å². The standard InChI is InChI=1S/C17H31N3O2/c1-17(2,3)22-16(21)20-10-13-14(11-20)15(13)18-8-12-6-5-7-19(4)9-12/h12-15,18H,5-11H2,1-4H3. The van der Waals surface area contributed by atoms with E-state index in [1.807, 2.05) is 25.7 Å². The smallest absolute Gasteiger partial charge is 0.410 e. The number of amides is 1. The fourth-order valence-corrected chi connectivity index (χ4v) is 4.05. The Hall–Kier alpha value is -0.810. The van der Waals surface area contributed by atoms with Gasteiger partial charge in [0.25, 0.3) is 0 Å². The summed E-state index contributed by atoms with van der Waals surface area (Å²) < 4.78 is 5.45. The lowest BCUT2D eigenvalue weighted by Crippen LogP contribution is -2.41. The van der Waals surface area contributed by atoms with Crippen LogP contribution in [-0.4, -0.2) is 67.3 Å². The molecule has 2 saturated heterocycles. The molecule has 1 saturated carbocycles. The van der Waals surface area contributed by atoms with E-state index in [2.05, 4.69) is 17.3 Å². The van der Waals surface area contributed by atoms with E-state index in [-0.39, 0.29) is 6.09 Å². The lowest BCUT2D eigenvalue weighted by molar-refractivity contribution is 0.0269. The zero-order valence-corrected chi connectivity index (χ0v) is 14.5. The molecule has 1 aliphatic carbocycles. The van der Waals surface area contributed by atoms with Crippen LogP contribution >= 0.6 is 0 Å². The number of likely N-dealkylation sites (tertiary alicyclic amines) is 2. The van der Waals surface area contributed by atoms with Crippen LogP contribution in [0, 0.1) is 17.8 Å². The highest BCUT2D eigenvalue weighted by Gasteiger charge is 2.57. The molecule has 2 heterocycles. The molecule has 126 valence electrons. The van der Waals surface area contributed by atoms with Gasteiger partial charge in [0.2, 0.25) is 0 Å². The summed E-state index contributed by atoms with van der Waals surface area (Å²) in [6.07, 6.45) is 2.53. The number of fused-ring (bicyclic) bond motifs is 1. The zero-order valence-electron chi connectivity index (χ0n) is 14.5.